The zero-order chi connectivity index (χ0) is 22.4. The summed E-state index contributed by atoms with van der Waals surface area (Å²) in [5, 5.41) is 23.6. The highest BCUT2D eigenvalue weighted by atomic mass is 16.6. The van der Waals surface area contributed by atoms with Crippen LogP contribution in [0.2, 0.25) is 0 Å². The number of methoxy groups -OCH3 is 1. The highest BCUT2D eigenvalue weighted by molar-refractivity contribution is 5.95. The lowest BCUT2D eigenvalue weighted by atomic mass is 9.95. The Hall–Kier alpha value is -3.42. The SMILES string of the molecule is CO[C@@H](CCO)[C@@H](OC(=O)Nc1ccc(C(C)=O)cc1)c1ccc(O)c2ccccc12. The summed E-state index contributed by atoms with van der Waals surface area (Å²) >= 11 is 0. The van der Waals surface area contributed by atoms with E-state index >= 15 is 0 Å². The minimum Gasteiger partial charge on any atom is -0.507 e. The van der Waals surface area contributed by atoms with Gasteiger partial charge in [0.1, 0.15) is 11.9 Å². The van der Waals surface area contributed by atoms with Crippen molar-refractivity contribution >= 4 is 28.3 Å². The number of carbonyl (C=O) groups excluding carboxylic acids is 2. The van der Waals surface area contributed by atoms with Crippen LogP contribution in [0, 0.1) is 0 Å². The number of amides is 1. The first-order chi connectivity index (χ1) is 14.9. The number of Topliss-reactive ketones (excluding diaryl/α,β-unsaturated/α-hetero) is 1. The number of hydrogen-bond donors (Lipinski definition) is 3. The molecule has 0 heterocycles. The lowest BCUT2D eigenvalue weighted by Gasteiger charge is -2.27. The van der Waals surface area contributed by atoms with E-state index in [4.69, 9.17) is 9.47 Å². The number of ether oxygens (including phenoxy) is 2. The van der Waals surface area contributed by atoms with Crippen molar-refractivity contribution in [3.05, 3.63) is 71.8 Å². The molecule has 0 saturated carbocycles. The van der Waals surface area contributed by atoms with Gasteiger partial charge >= 0.3 is 6.09 Å². The van der Waals surface area contributed by atoms with E-state index in [2.05, 4.69) is 5.32 Å². The van der Waals surface area contributed by atoms with Crippen molar-refractivity contribution in [3.8, 4) is 5.75 Å². The van der Waals surface area contributed by atoms with E-state index in [0.29, 0.717) is 27.6 Å². The van der Waals surface area contributed by atoms with Crippen LogP contribution in [0.25, 0.3) is 10.8 Å². The number of hydrogen-bond acceptors (Lipinski definition) is 6. The molecule has 3 rings (SSSR count). The average Bonchev–Trinajstić information content (AvgIpc) is 2.77. The maximum Gasteiger partial charge on any atom is 0.412 e. The van der Waals surface area contributed by atoms with E-state index in [9.17, 15) is 19.8 Å². The van der Waals surface area contributed by atoms with Gasteiger partial charge in [-0.1, -0.05) is 30.3 Å². The number of ketones is 1. The van der Waals surface area contributed by atoms with Gasteiger partial charge in [-0.15, -0.1) is 0 Å². The van der Waals surface area contributed by atoms with Gasteiger partial charge in [0.15, 0.2) is 11.9 Å². The largest absolute Gasteiger partial charge is 0.507 e. The molecule has 31 heavy (non-hydrogen) atoms. The fraction of sp³-hybridized carbons (Fsp3) is 0.250. The van der Waals surface area contributed by atoms with Crippen LogP contribution >= 0.6 is 0 Å². The Morgan fingerprint density at radius 2 is 1.68 bits per heavy atom. The Labute approximate surface area is 180 Å². The van der Waals surface area contributed by atoms with Crippen molar-refractivity contribution in [1.29, 1.82) is 0 Å². The molecule has 3 aromatic rings. The van der Waals surface area contributed by atoms with Crippen molar-refractivity contribution in [2.45, 2.75) is 25.6 Å². The van der Waals surface area contributed by atoms with Gasteiger partial charge in [-0.25, -0.2) is 4.79 Å². The Bertz CT molecular complexity index is 1060. The van der Waals surface area contributed by atoms with Gasteiger partial charge in [0, 0.05) is 42.3 Å². The van der Waals surface area contributed by atoms with Crippen molar-refractivity contribution in [2.75, 3.05) is 19.0 Å². The fourth-order valence-corrected chi connectivity index (χ4v) is 3.47. The summed E-state index contributed by atoms with van der Waals surface area (Å²) in [4.78, 5) is 24.1. The lowest BCUT2D eigenvalue weighted by Crippen LogP contribution is -2.29. The van der Waals surface area contributed by atoms with E-state index in [-0.39, 0.29) is 24.6 Å². The predicted octanol–water partition coefficient (Wildman–Crippen LogP) is 4.44. The van der Waals surface area contributed by atoms with Crippen molar-refractivity contribution in [2.24, 2.45) is 0 Å². The van der Waals surface area contributed by atoms with Crippen LogP contribution < -0.4 is 5.32 Å². The molecule has 1 amide bonds. The maximum atomic E-state index is 12.7. The number of aromatic hydroxyl groups is 1. The zero-order valence-corrected chi connectivity index (χ0v) is 17.4. The minimum atomic E-state index is -0.834. The summed E-state index contributed by atoms with van der Waals surface area (Å²) in [5.41, 5.74) is 1.66. The molecular weight excluding hydrogens is 398 g/mol. The number of rotatable bonds is 8. The number of phenols is 1. The number of anilines is 1. The summed E-state index contributed by atoms with van der Waals surface area (Å²) in [5.74, 6) is 0.0459. The summed E-state index contributed by atoms with van der Waals surface area (Å²) in [6.45, 7) is 1.32. The van der Waals surface area contributed by atoms with Crippen molar-refractivity contribution < 1.29 is 29.3 Å². The second-order valence-electron chi connectivity index (χ2n) is 7.09. The summed E-state index contributed by atoms with van der Waals surface area (Å²) < 4.78 is 11.3. The van der Waals surface area contributed by atoms with Crippen LogP contribution in [0.5, 0.6) is 5.75 Å². The number of aliphatic hydroxyl groups excluding tert-OH is 1. The van der Waals surface area contributed by atoms with E-state index in [0.717, 1.165) is 0 Å². The molecule has 0 bridgehead atoms. The molecule has 0 radical (unpaired) electrons. The molecule has 0 fully saturated rings. The van der Waals surface area contributed by atoms with Gasteiger partial charge in [-0.2, -0.15) is 0 Å². The molecule has 3 aromatic carbocycles. The number of carbonyl (C=O) groups is 2. The third-order valence-corrected chi connectivity index (χ3v) is 5.07. The second kappa shape index (κ2) is 10.1. The second-order valence-corrected chi connectivity index (χ2v) is 7.09. The van der Waals surface area contributed by atoms with E-state index in [1.54, 1.807) is 42.5 Å². The molecule has 0 aliphatic heterocycles. The number of fused-ring (bicyclic) bond motifs is 1. The third-order valence-electron chi connectivity index (χ3n) is 5.07. The van der Waals surface area contributed by atoms with Crippen molar-refractivity contribution in [3.63, 3.8) is 0 Å². The predicted molar refractivity (Wildman–Crippen MR) is 117 cm³/mol. The molecule has 0 saturated heterocycles. The molecule has 0 spiro atoms. The summed E-state index contributed by atoms with van der Waals surface area (Å²) in [7, 11) is 1.48. The first-order valence-electron chi connectivity index (χ1n) is 9.87. The van der Waals surface area contributed by atoms with Crippen LogP contribution in [-0.4, -0.2) is 41.9 Å². The fourth-order valence-electron chi connectivity index (χ4n) is 3.47. The highest BCUT2D eigenvalue weighted by Gasteiger charge is 2.29. The first-order valence-corrected chi connectivity index (χ1v) is 9.87. The van der Waals surface area contributed by atoms with Gasteiger partial charge in [0.25, 0.3) is 0 Å². The van der Waals surface area contributed by atoms with Gasteiger partial charge in [-0.05, 0) is 42.6 Å². The summed E-state index contributed by atoms with van der Waals surface area (Å²) in [6, 6.07) is 16.9. The molecule has 162 valence electrons. The van der Waals surface area contributed by atoms with Crippen molar-refractivity contribution in [1.82, 2.24) is 0 Å². The average molecular weight is 423 g/mol. The highest BCUT2D eigenvalue weighted by Crippen LogP contribution is 2.35. The van der Waals surface area contributed by atoms with Gasteiger partial charge in [0.2, 0.25) is 0 Å². The van der Waals surface area contributed by atoms with Crippen LogP contribution in [-0.2, 0) is 9.47 Å². The molecule has 7 nitrogen and oxygen atoms in total. The van der Waals surface area contributed by atoms with E-state index in [1.165, 1.54) is 20.1 Å². The Morgan fingerprint density at radius 1 is 1.00 bits per heavy atom. The monoisotopic (exact) mass is 423 g/mol. The minimum absolute atomic E-state index is 0.0691. The van der Waals surface area contributed by atoms with Gasteiger partial charge in [0.05, 0.1) is 0 Å². The topological polar surface area (TPSA) is 105 Å². The Kier molecular flexibility index (Phi) is 7.23. The number of nitrogens with one attached hydrogen (secondary N) is 1. The third kappa shape index (κ3) is 5.20. The Balaban J connectivity index is 1.90. The van der Waals surface area contributed by atoms with E-state index < -0.39 is 18.3 Å². The summed E-state index contributed by atoms with van der Waals surface area (Å²) in [6.07, 6.45) is -1.91. The lowest BCUT2D eigenvalue weighted by molar-refractivity contribution is -0.0299. The quantitative estimate of drug-likeness (QED) is 0.463. The van der Waals surface area contributed by atoms with Crippen LogP contribution in [0.3, 0.4) is 0 Å². The van der Waals surface area contributed by atoms with Gasteiger partial charge < -0.3 is 19.7 Å². The molecular formula is C24H25NO6. The first kappa shape index (κ1) is 22.3. The maximum absolute atomic E-state index is 12.7. The number of aliphatic hydroxyl groups is 1. The van der Waals surface area contributed by atoms with Crippen LogP contribution in [0.4, 0.5) is 10.5 Å². The van der Waals surface area contributed by atoms with Crippen LogP contribution in [0.15, 0.2) is 60.7 Å². The van der Waals surface area contributed by atoms with E-state index in [1.807, 2.05) is 12.1 Å². The smallest absolute Gasteiger partial charge is 0.412 e. The number of phenolic OH excluding ortho intramolecular Hbond substituents is 1. The Morgan fingerprint density at radius 3 is 2.29 bits per heavy atom. The molecule has 0 aromatic heterocycles. The van der Waals surface area contributed by atoms with Gasteiger partial charge in [-0.3, -0.25) is 10.1 Å². The van der Waals surface area contributed by atoms with Crippen LogP contribution in [0.1, 0.15) is 35.4 Å². The normalized spacial score (nSPS) is 12.9. The molecule has 7 heteroatoms. The molecule has 3 N–H and O–H groups in total. The molecule has 0 aliphatic rings. The molecule has 0 unspecified atom stereocenters. The zero-order valence-electron chi connectivity index (χ0n) is 17.4. The standard InChI is InChI=1S/C24H25NO6/c1-15(27)16-7-9-17(10-8-16)25-24(29)31-23(22(30-2)13-14-26)20-11-12-21(28)19-6-4-3-5-18(19)20/h3-12,22-23,26,28H,13-14H2,1-2H3,(H,25,29)/t22-,23-/m0/s1. The number of benzene rings is 3. The molecule has 0 aliphatic carbocycles. The molecule has 2 atom stereocenters.